The van der Waals surface area contributed by atoms with Crippen molar-refractivity contribution in [2.45, 2.75) is 19.1 Å². The van der Waals surface area contributed by atoms with Gasteiger partial charge in [0.05, 0.1) is 12.6 Å². The fraction of sp³-hybridized carbons (Fsp3) is 0.333. The maximum Gasteiger partial charge on any atom is 0.323 e. The molecule has 0 bridgehead atoms. The highest BCUT2D eigenvalue weighted by molar-refractivity contribution is 6.30. The number of aliphatic hydroxyl groups is 1. The highest BCUT2D eigenvalue weighted by atomic mass is 35.5. The summed E-state index contributed by atoms with van der Waals surface area (Å²) in [4.78, 5) is 22.4. The summed E-state index contributed by atoms with van der Waals surface area (Å²) in [5, 5.41) is 23.5. The molecular formula is C12H15ClN2O4. The van der Waals surface area contributed by atoms with Gasteiger partial charge in [-0.05, 0) is 25.1 Å². The molecule has 2 atom stereocenters. The van der Waals surface area contributed by atoms with E-state index in [0.29, 0.717) is 10.7 Å². The van der Waals surface area contributed by atoms with Crippen LogP contribution in [-0.4, -0.2) is 40.8 Å². The van der Waals surface area contributed by atoms with E-state index >= 15 is 0 Å². The Balaban J connectivity index is 2.50. The molecular weight excluding hydrogens is 272 g/mol. The van der Waals surface area contributed by atoms with Crippen molar-refractivity contribution in [1.82, 2.24) is 5.32 Å². The molecule has 1 amide bonds. The number of rotatable bonds is 6. The zero-order valence-electron chi connectivity index (χ0n) is 10.3. The van der Waals surface area contributed by atoms with E-state index in [1.54, 1.807) is 24.3 Å². The van der Waals surface area contributed by atoms with Gasteiger partial charge >= 0.3 is 5.97 Å². The smallest absolute Gasteiger partial charge is 0.323 e. The first-order valence-corrected chi connectivity index (χ1v) is 5.97. The van der Waals surface area contributed by atoms with Crippen molar-refractivity contribution in [3.8, 4) is 0 Å². The van der Waals surface area contributed by atoms with Crippen LogP contribution in [0.4, 0.5) is 5.69 Å². The lowest BCUT2D eigenvalue weighted by atomic mass is 10.2. The van der Waals surface area contributed by atoms with Crippen LogP contribution in [0.5, 0.6) is 0 Å². The van der Waals surface area contributed by atoms with E-state index < -0.39 is 24.0 Å². The predicted octanol–water partition coefficient (Wildman–Crippen LogP) is 0.702. The number of carboxylic acids is 1. The number of halogens is 1. The second-order valence-electron chi connectivity index (χ2n) is 4.00. The van der Waals surface area contributed by atoms with Crippen LogP contribution in [-0.2, 0) is 9.59 Å². The molecule has 0 fully saturated rings. The molecule has 0 unspecified atom stereocenters. The number of carbonyl (C=O) groups is 2. The number of hydrogen-bond donors (Lipinski definition) is 4. The van der Waals surface area contributed by atoms with Crippen LogP contribution < -0.4 is 10.6 Å². The van der Waals surface area contributed by atoms with Gasteiger partial charge in [-0.1, -0.05) is 17.7 Å². The third-order valence-corrected chi connectivity index (χ3v) is 2.57. The van der Waals surface area contributed by atoms with Gasteiger partial charge in [-0.3, -0.25) is 14.9 Å². The molecule has 104 valence electrons. The number of aliphatic hydroxyl groups excluding tert-OH is 1. The Kier molecular flexibility index (Phi) is 5.75. The summed E-state index contributed by atoms with van der Waals surface area (Å²) in [6, 6.07) is 5.39. The zero-order valence-corrected chi connectivity index (χ0v) is 11.0. The van der Waals surface area contributed by atoms with Crippen molar-refractivity contribution in [1.29, 1.82) is 0 Å². The van der Waals surface area contributed by atoms with Gasteiger partial charge in [0.2, 0.25) is 5.91 Å². The molecule has 0 aliphatic rings. The van der Waals surface area contributed by atoms with Crippen molar-refractivity contribution in [3.63, 3.8) is 0 Å². The third kappa shape index (κ3) is 5.25. The second kappa shape index (κ2) is 7.08. The number of amides is 1. The van der Waals surface area contributed by atoms with Gasteiger partial charge in [0, 0.05) is 10.7 Å². The molecule has 4 N–H and O–H groups in total. The predicted molar refractivity (Wildman–Crippen MR) is 71.2 cm³/mol. The van der Waals surface area contributed by atoms with E-state index in [-0.39, 0.29) is 6.54 Å². The first-order valence-electron chi connectivity index (χ1n) is 5.60. The van der Waals surface area contributed by atoms with E-state index in [0.717, 1.165) is 0 Å². The van der Waals surface area contributed by atoms with E-state index in [1.807, 2.05) is 0 Å². The lowest BCUT2D eigenvalue weighted by Crippen LogP contribution is -2.47. The number of carbonyl (C=O) groups excluding carboxylic acids is 1. The van der Waals surface area contributed by atoms with Crippen LogP contribution in [0.15, 0.2) is 24.3 Å². The summed E-state index contributed by atoms with van der Waals surface area (Å²) < 4.78 is 0. The number of anilines is 1. The lowest BCUT2D eigenvalue weighted by molar-refractivity contribution is -0.142. The monoisotopic (exact) mass is 286 g/mol. The maximum atomic E-state index is 11.6. The Morgan fingerprint density at radius 2 is 2.11 bits per heavy atom. The van der Waals surface area contributed by atoms with Crippen LogP contribution in [0.3, 0.4) is 0 Å². The van der Waals surface area contributed by atoms with Crippen molar-refractivity contribution >= 4 is 29.2 Å². The number of aliphatic carboxylic acids is 1. The van der Waals surface area contributed by atoms with Gasteiger partial charge < -0.3 is 15.5 Å². The Morgan fingerprint density at radius 1 is 1.42 bits per heavy atom. The van der Waals surface area contributed by atoms with Crippen molar-refractivity contribution < 1.29 is 19.8 Å². The summed E-state index contributed by atoms with van der Waals surface area (Å²) in [5.41, 5.74) is 0.517. The fourth-order valence-corrected chi connectivity index (χ4v) is 1.63. The number of hydrogen-bond acceptors (Lipinski definition) is 4. The lowest BCUT2D eigenvalue weighted by Gasteiger charge is -2.16. The first kappa shape index (κ1) is 15.4. The maximum absolute atomic E-state index is 11.6. The van der Waals surface area contributed by atoms with Crippen molar-refractivity contribution in [3.05, 3.63) is 29.3 Å². The minimum Gasteiger partial charge on any atom is -0.480 e. The molecule has 1 aromatic rings. The van der Waals surface area contributed by atoms with Crippen molar-refractivity contribution in [2.75, 3.05) is 11.9 Å². The summed E-state index contributed by atoms with van der Waals surface area (Å²) in [6.07, 6.45) is -1.10. The van der Waals surface area contributed by atoms with E-state index in [2.05, 4.69) is 10.6 Å². The van der Waals surface area contributed by atoms with E-state index in [1.165, 1.54) is 6.92 Å². The molecule has 0 aromatic heterocycles. The average molecular weight is 287 g/mol. The van der Waals surface area contributed by atoms with Crippen LogP contribution in [0.1, 0.15) is 6.92 Å². The molecule has 1 rings (SSSR count). The molecule has 1 aromatic carbocycles. The second-order valence-corrected chi connectivity index (χ2v) is 4.43. The quantitative estimate of drug-likeness (QED) is 0.617. The molecule has 0 aliphatic carbocycles. The highest BCUT2D eigenvalue weighted by Crippen LogP contribution is 2.14. The molecule has 0 spiro atoms. The topological polar surface area (TPSA) is 98.7 Å². The summed E-state index contributed by atoms with van der Waals surface area (Å²) in [7, 11) is 0. The number of nitrogens with one attached hydrogen (secondary N) is 2. The van der Waals surface area contributed by atoms with Crippen molar-refractivity contribution in [2.24, 2.45) is 0 Å². The third-order valence-electron chi connectivity index (χ3n) is 2.34. The first-order chi connectivity index (χ1) is 8.90. The SMILES string of the molecule is C[C@@H](O)[C@H](NCC(=O)Nc1cccc(Cl)c1)C(=O)O. The minimum absolute atomic E-state index is 0.228. The van der Waals surface area contributed by atoms with E-state index in [9.17, 15) is 14.7 Å². The van der Waals surface area contributed by atoms with Crippen LogP contribution in [0, 0.1) is 0 Å². The van der Waals surface area contributed by atoms with Gasteiger partial charge in [0.25, 0.3) is 0 Å². The van der Waals surface area contributed by atoms with Gasteiger partial charge in [0.1, 0.15) is 6.04 Å². The van der Waals surface area contributed by atoms with Gasteiger partial charge in [-0.25, -0.2) is 0 Å². The fourth-order valence-electron chi connectivity index (χ4n) is 1.44. The number of benzene rings is 1. The molecule has 0 heterocycles. The summed E-state index contributed by atoms with van der Waals surface area (Å²) >= 11 is 5.76. The Morgan fingerprint density at radius 3 is 2.63 bits per heavy atom. The Hall–Kier alpha value is -1.63. The van der Waals surface area contributed by atoms with Gasteiger partial charge in [-0.2, -0.15) is 0 Å². The molecule has 6 nitrogen and oxygen atoms in total. The molecule has 0 saturated heterocycles. The standard InChI is InChI=1S/C12H15ClN2O4/c1-7(16)11(12(18)19)14-6-10(17)15-9-4-2-3-8(13)5-9/h2-5,7,11,14,16H,6H2,1H3,(H,15,17)(H,18,19)/t7-,11+/m1/s1. The zero-order chi connectivity index (χ0) is 14.4. The average Bonchev–Trinajstić information content (AvgIpc) is 2.27. The van der Waals surface area contributed by atoms with Gasteiger partial charge in [-0.15, -0.1) is 0 Å². The largest absolute Gasteiger partial charge is 0.480 e. The van der Waals surface area contributed by atoms with Crippen LogP contribution in [0.25, 0.3) is 0 Å². The summed E-state index contributed by atoms with van der Waals surface area (Å²) in [5.74, 6) is -1.64. The minimum atomic E-state index is -1.22. The Bertz CT molecular complexity index is 465. The summed E-state index contributed by atoms with van der Waals surface area (Å²) in [6.45, 7) is 1.11. The normalized spacial score (nSPS) is 13.6. The highest BCUT2D eigenvalue weighted by Gasteiger charge is 2.22. The van der Waals surface area contributed by atoms with E-state index in [4.69, 9.17) is 16.7 Å². The molecule has 7 heteroatoms. The Labute approximate surface area is 115 Å². The molecule has 0 aliphatic heterocycles. The number of carboxylic acid groups (broad SMARTS) is 1. The van der Waals surface area contributed by atoms with Crippen LogP contribution in [0.2, 0.25) is 5.02 Å². The molecule has 0 radical (unpaired) electrons. The molecule has 19 heavy (non-hydrogen) atoms. The molecule has 0 saturated carbocycles. The van der Waals surface area contributed by atoms with Gasteiger partial charge in [0.15, 0.2) is 0 Å². The van der Waals surface area contributed by atoms with Crippen LogP contribution >= 0.6 is 11.6 Å².